The van der Waals surface area contributed by atoms with Crippen molar-refractivity contribution in [2.45, 2.75) is 51.1 Å². The number of hydrogen-bond donors (Lipinski definition) is 1. The maximum Gasteiger partial charge on any atom is 0.271 e. The smallest absolute Gasteiger partial charge is 0.271 e. The molecule has 0 aliphatic carbocycles. The molecule has 0 saturated carbocycles. The van der Waals surface area contributed by atoms with Crippen LogP contribution in [0, 0.1) is 0 Å². The van der Waals surface area contributed by atoms with Crippen LogP contribution in [0.4, 0.5) is 0 Å². The average Bonchev–Trinajstić information content (AvgIpc) is 2.93. The molecule has 2 amide bonds. The molecule has 0 radical (unpaired) electrons. The van der Waals surface area contributed by atoms with Crippen LogP contribution in [-0.4, -0.2) is 51.3 Å². The van der Waals surface area contributed by atoms with E-state index in [1.807, 2.05) is 18.7 Å². The number of hydrogen-bond acceptors (Lipinski definition) is 3. The maximum absolute atomic E-state index is 13.1. The molecule has 3 rings (SSSR count). The van der Waals surface area contributed by atoms with Crippen molar-refractivity contribution >= 4 is 11.8 Å². The van der Waals surface area contributed by atoms with E-state index in [2.05, 4.69) is 4.98 Å². The van der Waals surface area contributed by atoms with Crippen LogP contribution in [0.2, 0.25) is 0 Å². The Balaban J connectivity index is 1.94. The summed E-state index contributed by atoms with van der Waals surface area (Å²) >= 11 is 0. The lowest BCUT2D eigenvalue weighted by atomic mass is 9.84. The number of nitrogens with zero attached hydrogens (tertiary/aromatic N) is 2. The van der Waals surface area contributed by atoms with Gasteiger partial charge in [0, 0.05) is 25.2 Å². The molecule has 6 heteroatoms. The van der Waals surface area contributed by atoms with Gasteiger partial charge in [0.1, 0.15) is 11.2 Å². The minimum absolute atomic E-state index is 0.0582. The highest BCUT2D eigenvalue weighted by atomic mass is 16.2. The fourth-order valence-corrected chi connectivity index (χ4v) is 3.89. The molecule has 1 aromatic heterocycles. The summed E-state index contributed by atoms with van der Waals surface area (Å²) in [5.41, 5.74) is -0.775. The molecule has 2 saturated heterocycles. The van der Waals surface area contributed by atoms with Crippen molar-refractivity contribution in [3.8, 4) is 0 Å². The Kier molecular flexibility index (Phi) is 4.00. The zero-order chi connectivity index (χ0) is 16.6. The van der Waals surface area contributed by atoms with E-state index in [4.69, 9.17) is 0 Å². The van der Waals surface area contributed by atoms with Crippen LogP contribution in [0.15, 0.2) is 23.0 Å². The normalized spacial score (nSPS) is 24.7. The van der Waals surface area contributed by atoms with Crippen LogP contribution in [0.3, 0.4) is 0 Å². The summed E-state index contributed by atoms with van der Waals surface area (Å²) in [6.45, 7) is 5.33. The third kappa shape index (κ3) is 2.56. The molecule has 0 bridgehead atoms. The lowest BCUT2D eigenvalue weighted by Gasteiger charge is -2.45. The SMILES string of the molecule is CC(C)N1CCCC2(CCCN2C(=O)c2cccc(=O)[nH]2)C1=O. The minimum atomic E-state index is -0.730. The highest BCUT2D eigenvalue weighted by molar-refractivity contribution is 5.99. The third-order valence-electron chi connectivity index (χ3n) is 5.00. The number of H-pyrrole nitrogens is 1. The minimum Gasteiger partial charge on any atom is -0.338 e. The van der Waals surface area contributed by atoms with Crippen molar-refractivity contribution in [1.82, 2.24) is 14.8 Å². The van der Waals surface area contributed by atoms with E-state index in [1.165, 1.54) is 6.07 Å². The Hall–Kier alpha value is -2.11. The molecule has 3 heterocycles. The van der Waals surface area contributed by atoms with E-state index in [0.717, 1.165) is 19.4 Å². The highest BCUT2D eigenvalue weighted by Gasteiger charge is 2.53. The first-order valence-corrected chi connectivity index (χ1v) is 8.28. The molecule has 2 aliphatic heterocycles. The molecular formula is C17H23N3O3. The molecular weight excluding hydrogens is 294 g/mol. The molecule has 0 aromatic carbocycles. The van der Waals surface area contributed by atoms with E-state index in [1.54, 1.807) is 17.0 Å². The van der Waals surface area contributed by atoms with Gasteiger partial charge in [-0.15, -0.1) is 0 Å². The fourth-order valence-electron chi connectivity index (χ4n) is 3.89. The van der Waals surface area contributed by atoms with Crippen LogP contribution in [0.1, 0.15) is 50.0 Å². The van der Waals surface area contributed by atoms with Crippen LogP contribution in [0.25, 0.3) is 0 Å². The summed E-state index contributed by atoms with van der Waals surface area (Å²) in [6, 6.07) is 4.68. The first kappa shape index (κ1) is 15.8. The van der Waals surface area contributed by atoms with Crippen LogP contribution >= 0.6 is 0 Å². The standard InChI is InChI=1S/C17H23N3O3/c1-12(2)19-10-4-8-17(16(19)23)9-5-11-20(17)15(22)13-6-3-7-14(21)18-13/h3,6-7,12H,4-5,8-11H2,1-2H3,(H,18,21). The number of piperidine rings is 1. The molecule has 1 unspecified atom stereocenters. The number of carbonyl (C=O) groups is 2. The monoisotopic (exact) mass is 317 g/mol. The second kappa shape index (κ2) is 5.83. The number of aromatic amines is 1. The summed E-state index contributed by atoms with van der Waals surface area (Å²) in [6.07, 6.45) is 3.13. The number of aromatic nitrogens is 1. The number of amides is 2. The van der Waals surface area contributed by atoms with E-state index in [0.29, 0.717) is 19.4 Å². The fraction of sp³-hybridized carbons (Fsp3) is 0.588. The molecule has 1 atom stereocenters. The molecule has 1 N–H and O–H groups in total. The first-order chi connectivity index (χ1) is 11.0. The Bertz CT molecular complexity index is 682. The summed E-state index contributed by atoms with van der Waals surface area (Å²) < 4.78 is 0. The van der Waals surface area contributed by atoms with E-state index < -0.39 is 5.54 Å². The van der Waals surface area contributed by atoms with Gasteiger partial charge in [-0.05, 0) is 45.6 Å². The van der Waals surface area contributed by atoms with E-state index >= 15 is 0 Å². The largest absolute Gasteiger partial charge is 0.338 e. The zero-order valence-corrected chi connectivity index (χ0v) is 13.7. The summed E-state index contributed by atoms with van der Waals surface area (Å²) in [4.78, 5) is 43.6. The number of nitrogens with one attached hydrogen (secondary N) is 1. The molecule has 2 aliphatic rings. The number of pyridine rings is 1. The Morgan fingerprint density at radius 2 is 1.87 bits per heavy atom. The van der Waals surface area contributed by atoms with Gasteiger partial charge in [0.15, 0.2) is 0 Å². The van der Waals surface area contributed by atoms with Crippen molar-refractivity contribution < 1.29 is 9.59 Å². The van der Waals surface area contributed by atoms with Gasteiger partial charge in [-0.1, -0.05) is 6.07 Å². The molecule has 2 fully saturated rings. The van der Waals surface area contributed by atoms with Gasteiger partial charge in [0.2, 0.25) is 11.5 Å². The molecule has 1 spiro atoms. The number of rotatable bonds is 2. The summed E-state index contributed by atoms with van der Waals surface area (Å²) in [7, 11) is 0. The van der Waals surface area contributed by atoms with Crippen molar-refractivity contribution in [3.63, 3.8) is 0 Å². The van der Waals surface area contributed by atoms with Crippen molar-refractivity contribution in [2.75, 3.05) is 13.1 Å². The maximum atomic E-state index is 13.1. The van der Waals surface area contributed by atoms with Crippen molar-refractivity contribution in [2.24, 2.45) is 0 Å². The van der Waals surface area contributed by atoms with Crippen LogP contribution in [-0.2, 0) is 4.79 Å². The van der Waals surface area contributed by atoms with Crippen molar-refractivity contribution in [1.29, 1.82) is 0 Å². The van der Waals surface area contributed by atoms with Crippen LogP contribution < -0.4 is 5.56 Å². The number of likely N-dealkylation sites (tertiary alicyclic amines) is 2. The zero-order valence-electron chi connectivity index (χ0n) is 13.7. The summed E-state index contributed by atoms with van der Waals surface area (Å²) in [5.74, 6) is -0.193. The molecule has 124 valence electrons. The second-order valence-electron chi connectivity index (χ2n) is 6.72. The van der Waals surface area contributed by atoms with Gasteiger partial charge in [0.25, 0.3) is 5.91 Å². The Morgan fingerprint density at radius 3 is 2.52 bits per heavy atom. The second-order valence-corrected chi connectivity index (χ2v) is 6.72. The highest BCUT2D eigenvalue weighted by Crippen LogP contribution is 2.39. The Morgan fingerprint density at radius 1 is 1.17 bits per heavy atom. The topological polar surface area (TPSA) is 73.5 Å². The lowest BCUT2D eigenvalue weighted by molar-refractivity contribution is -0.147. The van der Waals surface area contributed by atoms with Gasteiger partial charge in [0.05, 0.1) is 0 Å². The van der Waals surface area contributed by atoms with E-state index in [9.17, 15) is 14.4 Å². The summed E-state index contributed by atoms with van der Waals surface area (Å²) in [5, 5.41) is 0. The third-order valence-corrected chi connectivity index (χ3v) is 5.00. The molecule has 1 aromatic rings. The van der Waals surface area contributed by atoms with Gasteiger partial charge in [-0.2, -0.15) is 0 Å². The van der Waals surface area contributed by atoms with Gasteiger partial charge in [-0.3, -0.25) is 14.4 Å². The predicted octanol–water partition coefficient (Wildman–Crippen LogP) is 1.38. The average molecular weight is 317 g/mol. The van der Waals surface area contributed by atoms with Crippen molar-refractivity contribution in [3.05, 3.63) is 34.2 Å². The first-order valence-electron chi connectivity index (χ1n) is 8.28. The predicted molar refractivity (Wildman–Crippen MR) is 86.1 cm³/mol. The number of carbonyl (C=O) groups excluding carboxylic acids is 2. The van der Waals surface area contributed by atoms with Crippen LogP contribution in [0.5, 0.6) is 0 Å². The molecule has 6 nitrogen and oxygen atoms in total. The van der Waals surface area contributed by atoms with Gasteiger partial charge in [-0.25, -0.2) is 0 Å². The quantitative estimate of drug-likeness (QED) is 0.895. The lowest BCUT2D eigenvalue weighted by Crippen LogP contribution is -2.62. The van der Waals surface area contributed by atoms with Gasteiger partial charge >= 0.3 is 0 Å². The van der Waals surface area contributed by atoms with E-state index in [-0.39, 0.29) is 29.1 Å². The Labute approximate surface area is 135 Å². The molecule has 23 heavy (non-hydrogen) atoms. The van der Waals surface area contributed by atoms with Gasteiger partial charge < -0.3 is 14.8 Å².